The van der Waals surface area contributed by atoms with E-state index >= 15 is 0 Å². The maximum atomic E-state index is 13.3. The number of aliphatic hydroxyl groups excluding tert-OH is 1. The van der Waals surface area contributed by atoms with Gasteiger partial charge < -0.3 is 19.3 Å². The quantitative estimate of drug-likeness (QED) is 0.531. The van der Waals surface area contributed by atoms with Gasteiger partial charge in [-0.05, 0) is 0 Å². The SMILES string of the molecule is OCc1c(F)cc(OCCOCCOCCCl)cc1F. The molecule has 0 radical (unpaired) electrons. The van der Waals surface area contributed by atoms with E-state index in [0.29, 0.717) is 25.7 Å². The van der Waals surface area contributed by atoms with Crippen molar-refractivity contribution in [2.24, 2.45) is 0 Å². The van der Waals surface area contributed by atoms with Gasteiger partial charge in [0.1, 0.15) is 24.0 Å². The van der Waals surface area contributed by atoms with Crippen molar-refractivity contribution in [2.75, 3.05) is 38.9 Å². The number of aliphatic hydroxyl groups is 1. The molecule has 7 heteroatoms. The highest BCUT2D eigenvalue weighted by atomic mass is 35.5. The predicted molar refractivity (Wildman–Crippen MR) is 70.1 cm³/mol. The summed E-state index contributed by atoms with van der Waals surface area (Å²) in [5, 5.41) is 8.76. The molecule has 114 valence electrons. The maximum absolute atomic E-state index is 13.3. The van der Waals surface area contributed by atoms with E-state index in [2.05, 4.69) is 0 Å². The van der Waals surface area contributed by atoms with Gasteiger partial charge in [-0.3, -0.25) is 0 Å². The Morgan fingerprint density at radius 2 is 1.50 bits per heavy atom. The van der Waals surface area contributed by atoms with Crippen LogP contribution in [-0.4, -0.2) is 44.0 Å². The molecule has 1 aromatic carbocycles. The zero-order valence-corrected chi connectivity index (χ0v) is 11.7. The topological polar surface area (TPSA) is 47.9 Å². The van der Waals surface area contributed by atoms with Gasteiger partial charge in [-0.2, -0.15) is 0 Å². The second-order valence-electron chi connectivity index (χ2n) is 3.79. The van der Waals surface area contributed by atoms with Gasteiger partial charge in [0.25, 0.3) is 0 Å². The Balaban J connectivity index is 2.22. The monoisotopic (exact) mass is 310 g/mol. The van der Waals surface area contributed by atoms with Gasteiger partial charge >= 0.3 is 0 Å². The average Bonchev–Trinajstić information content (AvgIpc) is 2.41. The van der Waals surface area contributed by atoms with Crippen LogP contribution in [0.5, 0.6) is 5.75 Å². The lowest BCUT2D eigenvalue weighted by atomic mass is 10.2. The lowest BCUT2D eigenvalue weighted by molar-refractivity contribution is 0.0409. The Morgan fingerprint density at radius 1 is 0.950 bits per heavy atom. The van der Waals surface area contributed by atoms with Gasteiger partial charge in [-0.25, -0.2) is 8.78 Å². The Morgan fingerprint density at radius 3 is 2.05 bits per heavy atom. The molecule has 0 atom stereocenters. The molecule has 0 amide bonds. The van der Waals surface area contributed by atoms with Crippen LogP contribution >= 0.6 is 11.6 Å². The molecular weight excluding hydrogens is 294 g/mol. The fourth-order valence-electron chi connectivity index (χ4n) is 1.41. The number of hydrogen-bond donors (Lipinski definition) is 1. The number of halogens is 3. The summed E-state index contributed by atoms with van der Waals surface area (Å²) in [5.74, 6) is -1.18. The molecule has 0 saturated carbocycles. The Hall–Kier alpha value is -0.950. The fourth-order valence-corrected chi connectivity index (χ4v) is 1.52. The van der Waals surface area contributed by atoms with E-state index in [9.17, 15) is 8.78 Å². The molecular formula is C13H17ClF2O4. The normalized spacial score (nSPS) is 10.8. The highest BCUT2D eigenvalue weighted by molar-refractivity contribution is 6.17. The molecule has 20 heavy (non-hydrogen) atoms. The minimum atomic E-state index is -0.835. The van der Waals surface area contributed by atoms with E-state index in [1.165, 1.54) is 0 Å². The third-order valence-electron chi connectivity index (χ3n) is 2.36. The van der Waals surface area contributed by atoms with E-state index in [1.54, 1.807) is 0 Å². The zero-order chi connectivity index (χ0) is 14.8. The van der Waals surface area contributed by atoms with Gasteiger partial charge in [0.05, 0.1) is 33.0 Å². The number of ether oxygens (including phenoxy) is 3. The van der Waals surface area contributed by atoms with Gasteiger partial charge in [0.2, 0.25) is 0 Å². The molecule has 0 spiro atoms. The van der Waals surface area contributed by atoms with Crippen LogP contribution in [-0.2, 0) is 16.1 Å². The summed E-state index contributed by atoms with van der Waals surface area (Å²) in [5.41, 5.74) is -0.370. The smallest absolute Gasteiger partial charge is 0.135 e. The third-order valence-corrected chi connectivity index (χ3v) is 2.52. The van der Waals surface area contributed by atoms with Crippen molar-refractivity contribution in [3.8, 4) is 5.75 Å². The molecule has 0 aliphatic carbocycles. The Bertz CT molecular complexity index is 381. The summed E-state index contributed by atoms with van der Waals surface area (Å²) in [6.45, 7) is 1.04. The first-order chi connectivity index (χ1) is 9.69. The molecule has 1 aromatic rings. The molecule has 0 unspecified atom stereocenters. The van der Waals surface area contributed by atoms with Crippen molar-refractivity contribution in [1.82, 2.24) is 0 Å². The van der Waals surface area contributed by atoms with Crippen LogP contribution in [0.2, 0.25) is 0 Å². The number of benzene rings is 1. The highest BCUT2D eigenvalue weighted by Gasteiger charge is 2.10. The summed E-state index contributed by atoms with van der Waals surface area (Å²) >= 11 is 5.42. The van der Waals surface area contributed by atoms with Gasteiger partial charge in [-0.15, -0.1) is 11.6 Å². The van der Waals surface area contributed by atoms with Crippen LogP contribution in [0.15, 0.2) is 12.1 Å². The van der Waals surface area contributed by atoms with Gasteiger partial charge in [0, 0.05) is 23.6 Å². The summed E-state index contributed by atoms with van der Waals surface area (Å²) in [6, 6.07) is 2.05. The third kappa shape index (κ3) is 6.00. The molecule has 0 saturated heterocycles. The lowest BCUT2D eigenvalue weighted by Gasteiger charge is -2.09. The summed E-state index contributed by atoms with van der Waals surface area (Å²) < 4.78 is 42.1. The lowest BCUT2D eigenvalue weighted by Crippen LogP contribution is -2.11. The largest absolute Gasteiger partial charge is 0.491 e. The average molecular weight is 311 g/mol. The van der Waals surface area contributed by atoms with Gasteiger partial charge in [0.15, 0.2) is 0 Å². The van der Waals surface area contributed by atoms with Crippen molar-refractivity contribution in [3.63, 3.8) is 0 Å². The molecule has 0 aliphatic heterocycles. The molecule has 4 nitrogen and oxygen atoms in total. The van der Waals surface area contributed by atoms with E-state index in [4.69, 9.17) is 30.9 Å². The van der Waals surface area contributed by atoms with Crippen LogP contribution in [0.25, 0.3) is 0 Å². The molecule has 0 aliphatic rings. The minimum Gasteiger partial charge on any atom is -0.491 e. The van der Waals surface area contributed by atoms with Crippen molar-refractivity contribution in [2.45, 2.75) is 6.61 Å². The van der Waals surface area contributed by atoms with Gasteiger partial charge in [-0.1, -0.05) is 0 Å². The summed E-state index contributed by atoms with van der Waals surface area (Å²) in [7, 11) is 0. The second-order valence-corrected chi connectivity index (χ2v) is 4.16. The number of rotatable bonds is 10. The van der Waals surface area contributed by atoms with Crippen molar-refractivity contribution in [3.05, 3.63) is 29.3 Å². The minimum absolute atomic E-state index is 0.0548. The maximum Gasteiger partial charge on any atom is 0.135 e. The van der Waals surface area contributed by atoms with E-state index < -0.39 is 18.2 Å². The van der Waals surface area contributed by atoms with E-state index in [-0.39, 0.29) is 24.5 Å². The molecule has 0 heterocycles. The molecule has 1 rings (SSSR count). The van der Waals surface area contributed by atoms with Crippen LogP contribution in [0.4, 0.5) is 8.78 Å². The fraction of sp³-hybridized carbons (Fsp3) is 0.538. The first-order valence-corrected chi connectivity index (χ1v) is 6.65. The van der Waals surface area contributed by atoms with E-state index in [1.807, 2.05) is 0 Å². The standard InChI is InChI=1S/C13H17ClF2O4/c14-1-2-18-3-4-19-5-6-20-10-7-12(15)11(9-17)13(16)8-10/h7-8,17H,1-6,9H2. The predicted octanol–water partition coefficient (Wildman–Crippen LogP) is 2.11. The van der Waals surface area contributed by atoms with Crippen LogP contribution in [0.3, 0.4) is 0 Å². The van der Waals surface area contributed by atoms with E-state index in [0.717, 1.165) is 12.1 Å². The van der Waals surface area contributed by atoms with Crippen LogP contribution in [0.1, 0.15) is 5.56 Å². The molecule has 0 aromatic heterocycles. The Kier molecular flexibility index (Phi) is 8.45. The molecule has 0 fully saturated rings. The van der Waals surface area contributed by atoms with Crippen molar-refractivity contribution in [1.29, 1.82) is 0 Å². The summed E-state index contributed by atoms with van der Waals surface area (Å²) in [6.07, 6.45) is 0. The van der Waals surface area contributed by atoms with Crippen LogP contribution in [0, 0.1) is 11.6 Å². The molecule has 1 N–H and O–H groups in total. The molecule has 0 bridgehead atoms. The van der Waals surface area contributed by atoms with Crippen molar-refractivity contribution < 1.29 is 28.1 Å². The summed E-state index contributed by atoms with van der Waals surface area (Å²) in [4.78, 5) is 0. The highest BCUT2D eigenvalue weighted by Crippen LogP contribution is 2.20. The van der Waals surface area contributed by atoms with Crippen molar-refractivity contribution >= 4 is 11.6 Å². The first kappa shape index (κ1) is 17.1. The Labute approximate surface area is 121 Å². The number of hydrogen-bond acceptors (Lipinski definition) is 4. The number of alkyl halides is 1. The zero-order valence-electron chi connectivity index (χ0n) is 10.9. The first-order valence-electron chi connectivity index (χ1n) is 6.12. The van der Waals surface area contributed by atoms with Crippen LogP contribution < -0.4 is 4.74 Å². The second kappa shape index (κ2) is 9.88.